The molecule has 0 radical (unpaired) electrons. The van der Waals surface area contributed by atoms with E-state index in [1.807, 2.05) is 0 Å². The molecule has 0 aromatic rings. The van der Waals surface area contributed by atoms with E-state index in [-0.39, 0.29) is 6.61 Å². The van der Waals surface area contributed by atoms with Crippen molar-refractivity contribution in [1.29, 1.82) is 0 Å². The monoisotopic (exact) mass is 260 g/mol. The molecule has 3 heteroatoms. The van der Waals surface area contributed by atoms with E-state index in [2.05, 4.69) is 6.92 Å². The molecule has 0 aromatic carbocycles. The normalized spacial score (nSPS) is 12.8. The molecular formula is C15H32O3. The first-order valence-corrected chi connectivity index (χ1v) is 7.68. The van der Waals surface area contributed by atoms with Gasteiger partial charge in [0.1, 0.15) is 0 Å². The van der Waals surface area contributed by atoms with Crippen molar-refractivity contribution in [3.8, 4) is 0 Å². The number of rotatable bonds is 14. The molecule has 2 N–H and O–H groups in total. The Kier molecular flexibility index (Phi) is 14.8. The zero-order valence-corrected chi connectivity index (χ0v) is 12.1. The van der Waals surface area contributed by atoms with E-state index >= 15 is 0 Å². The van der Waals surface area contributed by atoms with Crippen LogP contribution in [0.4, 0.5) is 0 Å². The zero-order chi connectivity index (χ0) is 13.5. The largest absolute Gasteiger partial charge is 0.394 e. The lowest BCUT2D eigenvalue weighted by Crippen LogP contribution is -2.10. The number of aliphatic hydroxyl groups is 2. The molecule has 0 heterocycles. The predicted octanol–water partition coefficient (Wildman–Crippen LogP) is 3.28. The molecule has 0 bridgehead atoms. The Hall–Kier alpha value is -0.120. The number of unbranched alkanes of at least 4 members (excludes halogenated alkanes) is 7. The molecular weight excluding hydrogens is 228 g/mol. The van der Waals surface area contributed by atoms with Crippen molar-refractivity contribution in [3.05, 3.63) is 0 Å². The molecule has 0 saturated heterocycles. The lowest BCUT2D eigenvalue weighted by Gasteiger charge is -2.06. The molecule has 0 rings (SSSR count). The van der Waals surface area contributed by atoms with Crippen LogP contribution in [0.25, 0.3) is 0 Å². The van der Waals surface area contributed by atoms with Gasteiger partial charge in [0.05, 0.1) is 12.7 Å². The average molecular weight is 260 g/mol. The Morgan fingerprint density at radius 3 is 2.00 bits per heavy atom. The maximum absolute atomic E-state index is 9.15. The first-order valence-electron chi connectivity index (χ1n) is 7.68. The standard InChI is InChI=1S/C15H32O3/c1-2-3-9-12-18-13-10-7-5-4-6-8-11-15(17)14-16/h15-17H,2-14H2,1H3. The second-order valence-electron chi connectivity index (χ2n) is 5.07. The SMILES string of the molecule is CCCCCOCCCCCCCCC(O)CO. The maximum Gasteiger partial charge on any atom is 0.0770 e. The van der Waals surface area contributed by atoms with Gasteiger partial charge < -0.3 is 14.9 Å². The van der Waals surface area contributed by atoms with Gasteiger partial charge in [-0.25, -0.2) is 0 Å². The van der Waals surface area contributed by atoms with E-state index in [1.54, 1.807) is 0 Å². The van der Waals surface area contributed by atoms with E-state index in [0.717, 1.165) is 32.5 Å². The highest BCUT2D eigenvalue weighted by Gasteiger charge is 2.00. The fourth-order valence-corrected chi connectivity index (χ4v) is 1.94. The fourth-order valence-electron chi connectivity index (χ4n) is 1.94. The van der Waals surface area contributed by atoms with Crippen LogP contribution < -0.4 is 0 Å². The van der Waals surface area contributed by atoms with Gasteiger partial charge >= 0.3 is 0 Å². The highest BCUT2D eigenvalue weighted by Crippen LogP contribution is 2.08. The summed E-state index contributed by atoms with van der Waals surface area (Å²) in [5.41, 5.74) is 0. The summed E-state index contributed by atoms with van der Waals surface area (Å²) in [6.07, 6.45) is 11.0. The fraction of sp³-hybridized carbons (Fsp3) is 1.00. The molecule has 0 amide bonds. The smallest absolute Gasteiger partial charge is 0.0770 e. The van der Waals surface area contributed by atoms with Gasteiger partial charge in [-0.3, -0.25) is 0 Å². The summed E-state index contributed by atoms with van der Waals surface area (Å²) in [4.78, 5) is 0. The highest BCUT2D eigenvalue weighted by atomic mass is 16.5. The number of hydrogen-bond donors (Lipinski definition) is 2. The van der Waals surface area contributed by atoms with Crippen LogP contribution in [0.1, 0.15) is 71.1 Å². The van der Waals surface area contributed by atoms with Crippen molar-refractivity contribution in [2.24, 2.45) is 0 Å². The first kappa shape index (κ1) is 17.9. The minimum Gasteiger partial charge on any atom is -0.394 e. The Balaban J connectivity index is 2.94. The van der Waals surface area contributed by atoms with Crippen molar-refractivity contribution in [3.63, 3.8) is 0 Å². The van der Waals surface area contributed by atoms with Gasteiger partial charge in [-0.05, 0) is 19.3 Å². The second-order valence-corrected chi connectivity index (χ2v) is 5.07. The van der Waals surface area contributed by atoms with Crippen molar-refractivity contribution in [1.82, 2.24) is 0 Å². The number of ether oxygens (including phenoxy) is 1. The number of hydrogen-bond acceptors (Lipinski definition) is 3. The molecule has 1 atom stereocenters. The average Bonchev–Trinajstić information content (AvgIpc) is 2.39. The third kappa shape index (κ3) is 13.9. The summed E-state index contributed by atoms with van der Waals surface area (Å²) < 4.78 is 5.55. The Morgan fingerprint density at radius 2 is 1.39 bits per heavy atom. The minimum absolute atomic E-state index is 0.102. The molecule has 18 heavy (non-hydrogen) atoms. The first-order chi connectivity index (χ1) is 8.81. The van der Waals surface area contributed by atoms with Gasteiger partial charge in [0.2, 0.25) is 0 Å². The van der Waals surface area contributed by atoms with Crippen molar-refractivity contribution < 1.29 is 14.9 Å². The van der Waals surface area contributed by atoms with Crippen LogP contribution in [0.15, 0.2) is 0 Å². The lowest BCUT2D eigenvalue weighted by atomic mass is 10.1. The molecule has 3 nitrogen and oxygen atoms in total. The highest BCUT2D eigenvalue weighted by molar-refractivity contribution is 4.53. The van der Waals surface area contributed by atoms with E-state index in [1.165, 1.54) is 44.9 Å². The minimum atomic E-state index is -0.512. The van der Waals surface area contributed by atoms with E-state index < -0.39 is 6.10 Å². The van der Waals surface area contributed by atoms with E-state index in [4.69, 9.17) is 14.9 Å². The van der Waals surface area contributed by atoms with Gasteiger partial charge in [0.15, 0.2) is 0 Å². The van der Waals surface area contributed by atoms with Gasteiger partial charge in [0, 0.05) is 13.2 Å². The van der Waals surface area contributed by atoms with Crippen LogP contribution in [0.3, 0.4) is 0 Å². The van der Waals surface area contributed by atoms with Crippen LogP contribution in [0.5, 0.6) is 0 Å². The topological polar surface area (TPSA) is 49.7 Å². The van der Waals surface area contributed by atoms with Crippen molar-refractivity contribution in [2.75, 3.05) is 19.8 Å². The Morgan fingerprint density at radius 1 is 0.833 bits per heavy atom. The molecule has 0 aliphatic carbocycles. The quantitative estimate of drug-likeness (QED) is 0.471. The molecule has 0 spiro atoms. The summed E-state index contributed by atoms with van der Waals surface area (Å²) in [6.45, 7) is 3.94. The predicted molar refractivity (Wildman–Crippen MR) is 75.8 cm³/mol. The van der Waals surface area contributed by atoms with Gasteiger partial charge in [0.25, 0.3) is 0 Å². The van der Waals surface area contributed by atoms with Crippen LogP contribution in [-0.2, 0) is 4.74 Å². The maximum atomic E-state index is 9.15. The molecule has 1 unspecified atom stereocenters. The molecule has 0 aromatic heterocycles. The molecule has 0 aliphatic rings. The van der Waals surface area contributed by atoms with Crippen molar-refractivity contribution >= 4 is 0 Å². The summed E-state index contributed by atoms with van der Waals surface area (Å²) in [6, 6.07) is 0. The van der Waals surface area contributed by atoms with Crippen LogP contribution in [0.2, 0.25) is 0 Å². The lowest BCUT2D eigenvalue weighted by molar-refractivity contribution is 0.0859. The van der Waals surface area contributed by atoms with E-state index in [9.17, 15) is 0 Å². The molecule has 0 aliphatic heterocycles. The third-order valence-corrected chi connectivity index (χ3v) is 3.18. The number of aliphatic hydroxyl groups excluding tert-OH is 2. The van der Waals surface area contributed by atoms with Gasteiger partial charge in [-0.2, -0.15) is 0 Å². The summed E-state index contributed by atoms with van der Waals surface area (Å²) in [5.74, 6) is 0. The molecule has 0 saturated carbocycles. The summed E-state index contributed by atoms with van der Waals surface area (Å²) in [5, 5.41) is 17.8. The molecule has 0 fully saturated rings. The summed E-state index contributed by atoms with van der Waals surface area (Å²) in [7, 11) is 0. The van der Waals surface area contributed by atoms with Crippen LogP contribution >= 0.6 is 0 Å². The summed E-state index contributed by atoms with van der Waals surface area (Å²) >= 11 is 0. The van der Waals surface area contributed by atoms with Crippen LogP contribution in [0, 0.1) is 0 Å². The third-order valence-electron chi connectivity index (χ3n) is 3.18. The second kappa shape index (κ2) is 14.9. The van der Waals surface area contributed by atoms with Gasteiger partial charge in [-0.1, -0.05) is 51.9 Å². The Labute approximate surface area is 113 Å². The Bertz CT molecular complexity index is 151. The zero-order valence-electron chi connectivity index (χ0n) is 12.1. The van der Waals surface area contributed by atoms with E-state index in [0.29, 0.717) is 0 Å². The molecule has 110 valence electrons. The van der Waals surface area contributed by atoms with Crippen LogP contribution in [-0.4, -0.2) is 36.1 Å². The van der Waals surface area contributed by atoms with Crippen molar-refractivity contribution in [2.45, 2.75) is 77.2 Å². The van der Waals surface area contributed by atoms with Gasteiger partial charge in [-0.15, -0.1) is 0 Å².